The standard InChI is InChI=1S/C19H22BrN5O3/c1-3-6-15-17(21-11-12-24(15)27)16(19(26)28-4-2)14-8-10-23-25(14)18-13(20)7-5-9-22-18/h5,7-12,16,21,27H,3-4,6H2,1-2H3. The molecule has 0 saturated carbocycles. The predicted octanol–water partition coefficient (Wildman–Crippen LogP) is 3.45. The second kappa shape index (κ2) is 9.03. The lowest BCUT2D eigenvalue weighted by molar-refractivity contribution is -0.144. The highest BCUT2D eigenvalue weighted by atomic mass is 79.9. The van der Waals surface area contributed by atoms with E-state index in [1.165, 1.54) is 6.20 Å². The molecule has 1 aliphatic rings. The van der Waals surface area contributed by atoms with Crippen molar-refractivity contribution in [3.8, 4) is 5.82 Å². The number of nitrogens with one attached hydrogen (secondary N) is 1. The second-order valence-corrected chi connectivity index (χ2v) is 6.93. The first-order valence-electron chi connectivity index (χ1n) is 9.04. The largest absolute Gasteiger partial charge is 0.465 e. The normalized spacial score (nSPS) is 14.8. The summed E-state index contributed by atoms with van der Waals surface area (Å²) in [5.74, 6) is -0.685. The third-order valence-electron chi connectivity index (χ3n) is 4.25. The SMILES string of the molecule is CCCC1=C(C(C(=O)OCC)c2ccnn2-c2ncccc2Br)NC=CN1O. The first kappa shape index (κ1) is 20.1. The Morgan fingerprint density at radius 3 is 2.89 bits per heavy atom. The molecule has 9 heteroatoms. The fraction of sp³-hybridized carbons (Fsp3) is 0.316. The van der Waals surface area contributed by atoms with Crippen LogP contribution in [0.4, 0.5) is 0 Å². The van der Waals surface area contributed by atoms with Crippen LogP contribution in [0.5, 0.6) is 0 Å². The molecule has 2 N–H and O–H groups in total. The number of esters is 1. The predicted molar refractivity (Wildman–Crippen MR) is 106 cm³/mol. The van der Waals surface area contributed by atoms with E-state index in [-0.39, 0.29) is 6.61 Å². The van der Waals surface area contributed by atoms with Crippen LogP contribution in [0.1, 0.15) is 38.3 Å². The molecule has 0 saturated heterocycles. The van der Waals surface area contributed by atoms with Gasteiger partial charge in [-0.25, -0.2) is 14.7 Å². The van der Waals surface area contributed by atoms with Crippen molar-refractivity contribution in [3.05, 3.63) is 64.6 Å². The van der Waals surface area contributed by atoms with E-state index < -0.39 is 11.9 Å². The molecular weight excluding hydrogens is 426 g/mol. The van der Waals surface area contributed by atoms with E-state index in [2.05, 4.69) is 31.3 Å². The van der Waals surface area contributed by atoms with E-state index in [0.717, 1.165) is 16.0 Å². The average Bonchev–Trinajstić information content (AvgIpc) is 3.14. The highest BCUT2D eigenvalue weighted by molar-refractivity contribution is 9.10. The Bertz CT molecular complexity index is 908. The number of hydroxylamine groups is 2. The number of halogens is 1. The molecule has 28 heavy (non-hydrogen) atoms. The Balaban J connectivity index is 2.16. The van der Waals surface area contributed by atoms with Crippen LogP contribution in [0.25, 0.3) is 5.82 Å². The Labute approximate surface area is 171 Å². The molecule has 2 aromatic rings. The van der Waals surface area contributed by atoms with Crippen LogP contribution in [0.2, 0.25) is 0 Å². The van der Waals surface area contributed by atoms with Gasteiger partial charge in [-0.15, -0.1) is 0 Å². The topological polar surface area (TPSA) is 92.5 Å². The summed E-state index contributed by atoms with van der Waals surface area (Å²) < 4.78 is 7.70. The third kappa shape index (κ3) is 3.95. The zero-order chi connectivity index (χ0) is 20.1. The van der Waals surface area contributed by atoms with Crippen LogP contribution in [0, 0.1) is 0 Å². The van der Waals surface area contributed by atoms with Gasteiger partial charge in [0.05, 0.1) is 28.2 Å². The molecule has 0 aromatic carbocycles. The minimum absolute atomic E-state index is 0.242. The van der Waals surface area contributed by atoms with E-state index in [9.17, 15) is 10.0 Å². The van der Waals surface area contributed by atoms with Gasteiger partial charge >= 0.3 is 5.97 Å². The fourth-order valence-electron chi connectivity index (χ4n) is 3.08. The third-order valence-corrected chi connectivity index (χ3v) is 4.87. The molecule has 0 amide bonds. The van der Waals surface area contributed by atoms with E-state index in [0.29, 0.717) is 29.3 Å². The average molecular weight is 448 g/mol. The van der Waals surface area contributed by atoms with Gasteiger partial charge in [0.25, 0.3) is 0 Å². The maximum Gasteiger partial charge on any atom is 0.321 e. The van der Waals surface area contributed by atoms with Crippen molar-refractivity contribution in [2.75, 3.05) is 6.61 Å². The first-order valence-corrected chi connectivity index (χ1v) is 9.83. The minimum atomic E-state index is -0.808. The van der Waals surface area contributed by atoms with E-state index in [4.69, 9.17) is 4.74 Å². The van der Waals surface area contributed by atoms with Crippen LogP contribution in [-0.4, -0.2) is 37.6 Å². The molecule has 0 aliphatic carbocycles. The number of hydrogen-bond donors (Lipinski definition) is 2. The molecule has 2 aromatic heterocycles. The number of rotatable bonds is 7. The van der Waals surface area contributed by atoms with Crippen molar-refractivity contribution >= 4 is 21.9 Å². The van der Waals surface area contributed by atoms with E-state index in [1.807, 2.05) is 13.0 Å². The number of pyridine rings is 1. The Hall–Kier alpha value is -2.65. The number of carbonyl (C=O) groups is 1. The summed E-state index contributed by atoms with van der Waals surface area (Å²) in [6.07, 6.45) is 7.73. The second-order valence-electron chi connectivity index (χ2n) is 6.08. The Kier molecular flexibility index (Phi) is 6.48. The summed E-state index contributed by atoms with van der Waals surface area (Å²) in [7, 11) is 0. The summed E-state index contributed by atoms with van der Waals surface area (Å²) in [6.45, 7) is 4.01. The number of hydrogen-bond acceptors (Lipinski definition) is 7. The lowest BCUT2D eigenvalue weighted by atomic mass is 9.97. The van der Waals surface area contributed by atoms with Crippen molar-refractivity contribution in [3.63, 3.8) is 0 Å². The summed E-state index contributed by atoms with van der Waals surface area (Å²) >= 11 is 3.48. The smallest absolute Gasteiger partial charge is 0.321 e. The molecule has 0 fully saturated rings. The monoisotopic (exact) mass is 447 g/mol. The zero-order valence-corrected chi connectivity index (χ0v) is 17.3. The summed E-state index contributed by atoms with van der Waals surface area (Å²) in [6, 6.07) is 5.41. The van der Waals surface area contributed by atoms with Crippen molar-refractivity contribution in [2.24, 2.45) is 0 Å². The van der Waals surface area contributed by atoms with Gasteiger partial charge in [0.1, 0.15) is 5.92 Å². The van der Waals surface area contributed by atoms with Gasteiger partial charge in [-0.3, -0.25) is 10.0 Å². The first-order chi connectivity index (χ1) is 13.6. The maximum atomic E-state index is 13.0. The molecule has 0 spiro atoms. The summed E-state index contributed by atoms with van der Waals surface area (Å²) in [4.78, 5) is 17.3. The van der Waals surface area contributed by atoms with Gasteiger partial charge in [0.2, 0.25) is 0 Å². The molecule has 1 atom stereocenters. The number of nitrogens with zero attached hydrogens (tertiary/aromatic N) is 4. The van der Waals surface area contributed by atoms with Gasteiger partial charge < -0.3 is 10.1 Å². The van der Waals surface area contributed by atoms with Crippen LogP contribution in [0.15, 0.2) is 58.9 Å². The lowest BCUT2D eigenvalue weighted by Gasteiger charge is -2.29. The van der Waals surface area contributed by atoms with Gasteiger partial charge in [-0.05, 0) is 47.5 Å². The molecule has 0 bridgehead atoms. The Morgan fingerprint density at radius 2 is 2.18 bits per heavy atom. The quantitative estimate of drug-likeness (QED) is 0.627. The molecular formula is C19H22BrN5O3. The molecule has 8 nitrogen and oxygen atoms in total. The van der Waals surface area contributed by atoms with Gasteiger partial charge in [-0.1, -0.05) is 13.3 Å². The Morgan fingerprint density at radius 1 is 1.36 bits per heavy atom. The van der Waals surface area contributed by atoms with Crippen molar-refractivity contribution in [1.82, 2.24) is 25.1 Å². The molecule has 0 radical (unpaired) electrons. The number of allylic oxidation sites excluding steroid dienone is 1. The number of aromatic nitrogens is 3. The minimum Gasteiger partial charge on any atom is -0.465 e. The van der Waals surface area contributed by atoms with Gasteiger partial charge in [-0.2, -0.15) is 5.10 Å². The van der Waals surface area contributed by atoms with Crippen LogP contribution < -0.4 is 5.32 Å². The lowest BCUT2D eigenvalue weighted by Crippen LogP contribution is -2.33. The van der Waals surface area contributed by atoms with E-state index in [1.54, 1.807) is 42.3 Å². The zero-order valence-electron chi connectivity index (χ0n) is 15.7. The highest BCUT2D eigenvalue weighted by Gasteiger charge is 2.34. The van der Waals surface area contributed by atoms with Crippen molar-refractivity contribution in [1.29, 1.82) is 0 Å². The molecule has 3 rings (SSSR count). The van der Waals surface area contributed by atoms with Crippen LogP contribution >= 0.6 is 15.9 Å². The molecule has 1 aliphatic heterocycles. The van der Waals surface area contributed by atoms with Crippen molar-refractivity contribution in [2.45, 2.75) is 32.6 Å². The molecule has 148 valence electrons. The number of ether oxygens (including phenoxy) is 1. The highest BCUT2D eigenvalue weighted by Crippen LogP contribution is 2.33. The van der Waals surface area contributed by atoms with Gasteiger partial charge in [0, 0.05) is 24.8 Å². The summed E-state index contributed by atoms with van der Waals surface area (Å²) in [5, 5.41) is 18.9. The van der Waals surface area contributed by atoms with Gasteiger partial charge in [0.15, 0.2) is 5.82 Å². The van der Waals surface area contributed by atoms with Crippen LogP contribution in [0.3, 0.4) is 0 Å². The van der Waals surface area contributed by atoms with Crippen molar-refractivity contribution < 1.29 is 14.7 Å². The fourth-order valence-corrected chi connectivity index (χ4v) is 3.51. The molecule has 1 unspecified atom stereocenters. The number of carbonyl (C=O) groups excluding carboxylic acids is 1. The van der Waals surface area contributed by atoms with Crippen LogP contribution in [-0.2, 0) is 9.53 Å². The van der Waals surface area contributed by atoms with E-state index >= 15 is 0 Å². The maximum absolute atomic E-state index is 13.0. The summed E-state index contributed by atoms with van der Waals surface area (Å²) in [5.41, 5.74) is 1.74. The molecule has 3 heterocycles.